The zero-order valence-corrected chi connectivity index (χ0v) is 12.8. The quantitative estimate of drug-likeness (QED) is 0.882. The topological polar surface area (TPSA) is 62.0 Å². The SMILES string of the molecule is O=C(NC1CCC(C(F)(F)F)CC1)c1cc2ccccc2c(=O)[nH]1. The van der Waals surface area contributed by atoms with Gasteiger partial charge in [0.05, 0.1) is 5.92 Å². The molecule has 0 aliphatic heterocycles. The van der Waals surface area contributed by atoms with Crippen LogP contribution >= 0.6 is 0 Å². The van der Waals surface area contributed by atoms with Gasteiger partial charge in [-0.15, -0.1) is 0 Å². The number of H-pyrrole nitrogens is 1. The molecule has 7 heteroatoms. The van der Waals surface area contributed by atoms with Crippen molar-refractivity contribution in [3.8, 4) is 0 Å². The first-order valence-electron chi connectivity index (χ1n) is 7.84. The highest BCUT2D eigenvalue weighted by atomic mass is 19.4. The highest BCUT2D eigenvalue weighted by Gasteiger charge is 2.41. The lowest BCUT2D eigenvalue weighted by molar-refractivity contribution is -0.182. The highest BCUT2D eigenvalue weighted by Crippen LogP contribution is 2.37. The molecule has 0 bridgehead atoms. The maximum atomic E-state index is 12.7. The van der Waals surface area contributed by atoms with E-state index in [-0.39, 0.29) is 43.0 Å². The molecule has 0 spiro atoms. The van der Waals surface area contributed by atoms with Crippen molar-refractivity contribution in [1.29, 1.82) is 0 Å². The molecule has 3 rings (SSSR count). The monoisotopic (exact) mass is 338 g/mol. The summed E-state index contributed by atoms with van der Waals surface area (Å²) in [7, 11) is 0. The molecule has 1 aromatic heterocycles. The molecular formula is C17H17F3N2O2. The highest BCUT2D eigenvalue weighted by molar-refractivity contribution is 5.96. The number of aromatic amines is 1. The lowest BCUT2D eigenvalue weighted by Gasteiger charge is -2.30. The van der Waals surface area contributed by atoms with Crippen LogP contribution in [0.4, 0.5) is 13.2 Å². The maximum Gasteiger partial charge on any atom is 0.391 e. The molecule has 1 heterocycles. The van der Waals surface area contributed by atoms with E-state index in [4.69, 9.17) is 0 Å². The van der Waals surface area contributed by atoms with Crippen molar-refractivity contribution in [3.05, 3.63) is 46.4 Å². The fourth-order valence-electron chi connectivity index (χ4n) is 3.16. The van der Waals surface area contributed by atoms with E-state index in [0.29, 0.717) is 10.8 Å². The molecule has 4 nitrogen and oxygen atoms in total. The number of carbonyl (C=O) groups is 1. The fraction of sp³-hybridized carbons (Fsp3) is 0.412. The minimum Gasteiger partial charge on any atom is -0.348 e. The van der Waals surface area contributed by atoms with Crippen LogP contribution in [0.25, 0.3) is 10.8 Å². The first-order chi connectivity index (χ1) is 11.3. The molecule has 1 amide bonds. The van der Waals surface area contributed by atoms with E-state index in [9.17, 15) is 22.8 Å². The van der Waals surface area contributed by atoms with E-state index >= 15 is 0 Å². The first-order valence-corrected chi connectivity index (χ1v) is 7.84. The molecule has 2 aromatic rings. The van der Waals surface area contributed by atoms with E-state index in [1.807, 2.05) is 0 Å². The average molecular weight is 338 g/mol. The molecule has 0 unspecified atom stereocenters. The van der Waals surface area contributed by atoms with Gasteiger partial charge in [-0.2, -0.15) is 13.2 Å². The van der Waals surface area contributed by atoms with Crippen molar-refractivity contribution in [3.63, 3.8) is 0 Å². The van der Waals surface area contributed by atoms with Gasteiger partial charge >= 0.3 is 6.18 Å². The summed E-state index contributed by atoms with van der Waals surface area (Å²) in [5.41, 5.74) is -0.240. The van der Waals surface area contributed by atoms with Crippen LogP contribution in [0, 0.1) is 5.92 Å². The zero-order valence-electron chi connectivity index (χ0n) is 12.8. The smallest absolute Gasteiger partial charge is 0.348 e. The molecule has 1 aliphatic carbocycles. The largest absolute Gasteiger partial charge is 0.391 e. The number of hydrogen-bond acceptors (Lipinski definition) is 2. The number of pyridine rings is 1. The van der Waals surface area contributed by atoms with Gasteiger partial charge < -0.3 is 10.3 Å². The van der Waals surface area contributed by atoms with Gasteiger partial charge in [0.1, 0.15) is 5.69 Å². The first kappa shape index (κ1) is 16.5. The molecular weight excluding hydrogens is 321 g/mol. The Balaban J connectivity index is 1.69. The average Bonchev–Trinajstić information content (AvgIpc) is 2.54. The number of amides is 1. The minimum absolute atomic E-state index is 0.0166. The lowest BCUT2D eigenvalue weighted by atomic mass is 9.85. The van der Waals surface area contributed by atoms with Crippen LogP contribution in [-0.4, -0.2) is 23.1 Å². The van der Waals surface area contributed by atoms with Crippen LogP contribution in [0.15, 0.2) is 35.1 Å². The molecule has 1 aliphatic rings. The van der Waals surface area contributed by atoms with E-state index < -0.39 is 18.0 Å². The minimum atomic E-state index is -4.17. The third kappa shape index (κ3) is 3.44. The summed E-state index contributed by atoms with van der Waals surface area (Å²) in [6, 6.07) is 8.17. The van der Waals surface area contributed by atoms with Gasteiger partial charge in [0.15, 0.2) is 0 Å². The Morgan fingerprint density at radius 3 is 2.46 bits per heavy atom. The maximum absolute atomic E-state index is 12.7. The van der Waals surface area contributed by atoms with E-state index in [1.165, 1.54) is 0 Å². The summed E-state index contributed by atoms with van der Waals surface area (Å²) in [6.45, 7) is 0. The summed E-state index contributed by atoms with van der Waals surface area (Å²) in [5.74, 6) is -1.75. The molecule has 1 saturated carbocycles. The molecule has 2 N–H and O–H groups in total. The Morgan fingerprint density at radius 1 is 1.12 bits per heavy atom. The molecule has 1 aromatic carbocycles. The van der Waals surface area contributed by atoms with Gasteiger partial charge in [0, 0.05) is 11.4 Å². The molecule has 0 radical (unpaired) electrons. The van der Waals surface area contributed by atoms with Gasteiger partial charge in [0.2, 0.25) is 0 Å². The zero-order chi connectivity index (χ0) is 17.3. The van der Waals surface area contributed by atoms with Gasteiger partial charge in [-0.1, -0.05) is 18.2 Å². The second-order valence-corrected chi connectivity index (χ2v) is 6.16. The van der Waals surface area contributed by atoms with Crippen molar-refractivity contribution in [2.24, 2.45) is 5.92 Å². The summed E-state index contributed by atoms with van der Waals surface area (Å²) in [4.78, 5) is 26.8. The normalized spacial score (nSPS) is 21.6. The summed E-state index contributed by atoms with van der Waals surface area (Å²) in [6.07, 6.45) is -3.56. The number of hydrogen-bond donors (Lipinski definition) is 2. The Kier molecular flexibility index (Phi) is 4.34. The molecule has 128 valence electrons. The number of rotatable bonds is 2. The van der Waals surface area contributed by atoms with Crippen LogP contribution in [-0.2, 0) is 0 Å². The van der Waals surface area contributed by atoms with Crippen molar-refractivity contribution in [1.82, 2.24) is 10.3 Å². The number of alkyl halides is 3. The number of benzene rings is 1. The number of fused-ring (bicyclic) bond motifs is 1. The number of carbonyl (C=O) groups excluding carboxylic acids is 1. The van der Waals surface area contributed by atoms with Crippen molar-refractivity contribution < 1.29 is 18.0 Å². The van der Waals surface area contributed by atoms with Gasteiger partial charge in [-0.3, -0.25) is 9.59 Å². The van der Waals surface area contributed by atoms with Crippen LogP contribution in [0.1, 0.15) is 36.2 Å². The fourth-order valence-corrected chi connectivity index (χ4v) is 3.16. The summed E-state index contributed by atoms with van der Waals surface area (Å²) < 4.78 is 38.0. The van der Waals surface area contributed by atoms with E-state index in [2.05, 4.69) is 10.3 Å². The third-order valence-corrected chi connectivity index (χ3v) is 4.52. The van der Waals surface area contributed by atoms with Crippen LogP contribution in [0.5, 0.6) is 0 Å². The van der Waals surface area contributed by atoms with Crippen molar-refractivity contribution in [2.75, 3.05) is 0 Å². The van der Waals surface area contributed by atoms with E-state index in [1.54, 1.807) is 30.3 Å². The lowest BCUT2D eigenvalue weighted by Crippen LogP contribution is -2.40. The second-order valence-electron chi connectivity index (χ2n) is 6.16. The van der Waals surface area contributed by atoms with Crippen molar-refractivity contribution in [2.45, 2.75) is 37.9 Å². The van der Waals surface area contributed by atoms with Crippen LogP contribution < -0.4 is 10.9 Å². The Bertz CT molecular complexity index is 805. The molecule has 1 fully saturated rings. The number of halogens is 3. The predicted octanol–water partition coefficient (Wildman–Crippen LogP) is 3.38. The standard InChI is InChI=1S/C17H17F3N2O2/c18-17(19,20)11-5-7-12(8-6-11)21-16(24)14-9-10-3-1-2-4-13(10)15(23)22-14/h1-4,9,11-12H,5-8H2,(H,21,24)(H,22,23). The van der Waals surface area contributed by atoms with Gasteiger partial charge in [-0.25, -0.2) is 0 Å². The predicted molar refractivity (Wildman–Crippen MR) is 83.8 cm³/mol. The Labute approximate surface area is 136 Å². The Hall–Kier alpha value is -2.31. The summed E-state index contributed by atoms with van der Waals surface area (Å²) in [5, 5.41) is 3.85. The van der Waals surface area contributed by atoms with E-state index in [0.717, 1.165) is 0 Å². The Morgan fingerprint density at radius 2 is 1.79 bits per heavy atom. The van der Waals surface area contributed by atoms with Gasteiger partial charge in [0.25, 0.3) is 11.5 Å². The van der Waals surface area contributed by atoms with Crippen LogP contribution in [0.3, 0.4) is 0 Å². The third-order valence-electron chi connectivity index (χ3n) is 4.52. The summed E-state index contributed by atoms with van der Waals surface area (Å²) >= 11 is 0. The number of aromatic nitrogens is 1. The van der Waals surface area contributed by atoms with Crippen LogP contribution in [0.2, 0.25) is 0 Å². The number of nitrogens with one attached hydrogen (secondary N) is 2. The molecule has 0 saturated heterocycles. The van der Waals surface area contributed by atoms with Crippen molar-refractivity contribution >= 4 is 16.7 Å². The molecule has 24 heavy (non-hydrogen) atoms. The second kappa shape index (κ2) is 6.30. The van der Waals surface area contributed by atoms with Gasteiger partial charge in [-0.05, 0) is 43.2 Å². The molecule has 0 atom stereocenters.